The molecular formula is C16H16N2S. The van der Waals surface area contributed by atoms with Crippen LogP contribution in [0.1, 0.15) is 5.56 Å². The first kappa shape index (κ1) is 13.5. The van der Waals surface area contributed by atoms with Crippen molar-refractivity contribution in [1.82, 2.24) is 0 Å². The molecule has 19 heavy (non-hydrogen) atoms. The number of benzene rings is 2. The number of hydrogen-bond donors (Lipinski definition) is 1. The molecule has 0 unspecified atom stereocenters. The third-order valence-corrected chi connectivity index (χ3v) is 3.81. The fraction of sp³-hybridized carbons (Fsp3) is 0.188. The van der Waals surface area contributed by atoms with Crippen molar-refractivity contribution >= 4 is 28.2 Å². The number of nitrogens with one attached hydrogen (secondary N) is 1. The smallest absolute Gasteiger partial charge is 0.0998 e. The molecule has 0 radical (unpaired) electrons. The number of hydrogen-bond acceptors (Lipinski definition) is 3. The third-order valence-electron chi connectivity index (χ3n) is 2.84. The van der Waals surface area contributed by atoms with E-state index in [2.05, 4.69) is 24.0 Å². The Hall–Kier alpha value is -1.92. The van der Waals surface area contributed by atoms with Gasteiger partial charge >= 0.3 is 0 Å². The largest absolute Gasteiger partial charge is 0.384 e. The van der Waals surface area contributed by atoms with E-state index in [0.29, 0.717) is 0 Å². The lowest BCUT2D eigenvalue weighted by Gasteiger charge is -2.10. The number of nitriles is 1. The minimum absolute atomic E-state index is 0.724. The van der Waals surface area contributed by atoms with Gasteiger partial charge in [0, 0.05) is 34.5 Å². The topological polar surface area (TPSA) is 35.8 Å². The van der Waals surface area contributed by atoms with Crippen molar-refractivity contribution in [3.05, 3.63) is 54.6 Å². The molecule has 3 heteroatoms. The van der Waals surface area contributed by atoms with Gasteiger partial charge in [0.25, 0.3) is 0 Å². The van der Waals surface area contributed by atoms with Gasteiger partial charge in [-0.3, -0.25) is 0 Å². The second-order valence-electron chi connectivity index (χ2n) is 4.11. The molecule has 2 nitrogen and oxygen atoms in total. The molecule has 0 aliphatic rings. The van der Waals surface area contributed by atoms with Crippen LogP contribution in [0.5, 0.6) is 0 Å². The maximum absolute atomic E-state index is 9.12. The summed E-state index contributed by atoms with van der Waals surface area (Å²) in [7, 11) is 0. The van der Waals surface area contributed by atoms with Gasteiger partial charge in [-0.15, -0.1) is 6.58 Å². The van der Waals surface area contributed by atoms with Gasteiger partial charge in [0.2, 0.25) is 0 Å². The molecule has 1 N–H and O–H groups in total. The first-order valence-corrected chi connectivity index (χ1v) is 7.36. The van der Waals surface area contributed by atoms with Crippen molar-refractivity contribution in [2.45, 2.75) is 0 Å². The van der Waals surface area contributed by atoms with Crippen LogP contribution in [0.4, 0.5) is 5.69 Å². The van der Waals surface area contributed by atoms with Crippen LogP contribution in [-0.4, -0.2) is 18.1 Å². The van der Waals surface area contributed by atoms with Crippen molar-refractivity contribution in [2.75, 3.05) is 23.4 Å². The van der Waals surface area contributed by atoms with Crippen LogP contribution < -0.4 is 5.32 Å². The molecule has 0 atom stereocenters. The maximum Gasteiger partial charge on any atom is 0.0998 e. The van der Waals surface area contributed by atoms with Crippen LogP contribution in [0, 0.1) is 11.3 Å². The number of fused-ring (bicyclic) bond motifs is 1. The predicted molar refractivity (Wildman–Crippen MR) is 84.7 cm³/mol. The summed E-state index contributed by atoms with van der Waals surface area (Å²) in [5, 5.41) is 14.7. The minimum atomic E-state index is 0.724. The summed E-state index contributed by atoms with van der Waals surface area (Å²) in [5.74, 6) is 2.02. The Labute approximate surface area is 118 Å². The Morgan fingerprint density at radius 2 is 2.00 bits per heavy atom. The van der Waals surface area contributed by atoms with Gasteiger partial charge in [-0.25, -0.2) is 0 Å². The summed E-state index contributed by atoms with van der Waals surface area (Å²) in [6.45, 7) is 4.62. The summed E-state index contributed by atoms with van der Waals surface area (Å²) in [6, 6.07) is 14.1. The zero-order chi connectivity index (χ0) is 13.5. The highest BCUT2D eigenvalue weighted by atomic mass is 32.2. The number of anilines is 1. The van der Waals surface area contributed by atoms with E-state index in [1.165, 1.54) is 0 Å². The molecule has 0 aliphatic carbocycles. The van der Waals surface area contributed by atoms with Crippen LogP contribution in [-0.2, 0) is 0 Å². The van der Waals surface area contributed by atoms with Crippen molar-refractivity contribution in [1.29, 1.82) is 5.26 Å². The van der Waals surface area contributed by atoms with E-state index in [1.54, 1.807) is 0 Å². The quantitative estimate of drug-likeness (QED) is 0.634. The van der Waals surface area contributed by atoms with Gasteiger partial charge in [-0.2, -0.15) is 17.0 Å². The van der Waals surface area contributed by atoms with Crippen molar-refractivity contribution < 1.29 is 0 Å². The lowest BCUT2D eigenvalue weighted by molar-refractivity contribution is 1.23. The number of thioether (sulfide) groups is 1. The molecule has 0 saturated carbocycles. The minimum Gasteiger partial charge on any atom is -0.384 e. The van der Waals surface area contributed by atoms with Crippen LogP contribution >= 0.6 is 11.8 Å². The van der Waals surface area contributed by atoms with Gasteiger partial charge in [-0.1, -0.05) is 30.3 Å². The lowest BCUT2D eigenvalue weighted by Crippen LogP contribution is -2.04. The predicted octanol–water partition coefficient (Wildman–Crippen LogP) is 4.04. The average Bonchev–Trinajstić information content (AvgIpc) is 2.47. The summed E-state index contributed by atoms with van der Waals surface area (Å²) < 4.78 is 0. The van der Waals surface area contributed by atoms with Gasteiger partial charge in [-0.05, 0) is 12.1 Å². The van der Waals surface area contributed by atoms with Crippen LogP contribution in [0.2, 0.25) is 0 Å². The Morgan fingerprint density at radius 1 is 1.21 bits per heavy atom. The molecule has 2 aromatic rings. The SMILES string of the molecule is C=CCSCCNc1ccc(C#N)c2ccccc12. The Kier molecular flexibility index (Phi) is 4.88. The zero-order valence-corrected chi connectivity index (χ0v) is 11.5. The van der Waals surface area contributed by atoms with E-state index < -0.39 is 0 Å². The van der Waals surface area contributed by atoms with Gasteiger partial charge in [0.1, 0.15) is 0 Å². The maximum atomic E-state index is 9.12. The number of rotatable bonds is 6. The summed E-state index contributed by atoms with van der Waals surface area (Å²) in [6.07, 6.45) is 1.92. The Morgan fingerprint density at radius 3 is 2.74 bits per heavy atom. The molecule has 0 fully saturated rings. The molecule has 0 saturated heterocycles. The molecule has 2 rings (SSSR count). The van der Waals surface area contributed by atoms with Crippen molar-refractivity contribution in [2.24, 2.45) is 0 Å². The molecule has 96 valence electrons. The van der Waals surface area contributed by atoms with Crippen LogP contribution in [0.3, 0.4) is 0 Å². The summed E-state index contributed by atoms with van der Waals surface area (Å²) in [5.41, 5.74) is 1.82. The highest BCUT2D eigenvalue weighted by Gasteiger charge is 2.04. The van der Waals surface area contributed by atoms with E-state index in [9.17, 15) is 0 Å². The second kappa shape index (κ2) is 6.86. The Bertz CT molecular complexity index is 614. The molecule has 0 aromatic heterocycles. The Balaban J connectivity index is 2.16. The van der Waals surface area contributed by atoms with Gasteiger partial charge in [0.05, 0.1) is 11.6 Å². The van der Waals surface area contributed by atoms with Crippen molar-refractivity contribution in [3.8, 4) is 6.07 Å². The summed E-state index contributed by atoms with van der Waals surface area (Å²) >= 11 is 1.85. The third kappa shape index (κ3) is 3.30. The highest BCUT2D eigenvalue weighted by Crippen LogP contribution is 2.26. The summed E-state index contributed by atoms with van der Waals surface area (Å²) in [4.78, 5) is 0. The standard InChI is InChI=1S/C16H16N2S/c1-2-10-19-11-9-18-16-8-7-13(12-17)14-5-3-4-6-15(14)16/h2-8,18H,1,9-11H2. The molecule has 0 bridgehead atoms. The molecule has 0 aliphatic heterocycles. The molecule has 0 heterocycles. The normalized spacial score (nSPS) is 10.1. The average molecular weight is 268 g/mol. The monoisotopic (exact) mass is 268 g/mol. The molecule has 2 aromatic carbocycles. The van der Waals surface area contributed by atoms with Crippen molar-refractivity contribution in [3.63, 3.8) is 0 Å². The van der Waals surface area contributed by atoms with Gasteiger partial charge < -0.3 is 5.32 Å². The first-order valence-electron chi connectivity index (χ1n) is 6.21. The molecule has 0 amide bonds. The van der Waals surface area contributed by atoms with E-state index in [0.717, 1.165) is 40.1 Å². The number of nitrogens with zero attached hydrogens (tertiary/aromatic N) is 1. The van der Waals surface area contributed by atoms with E-state index >= 15 is 0 Å². The fourth-order valence-electron chi connectivity index (χ4n) is 1.98. The second-order valence-corrected chi connectivity index (χ2v) is 5.26. The first-order chi connectivity index (χ1) is 9.36. The molecule has 0 spiro atoms. The van der Waals surface area contributed by atoms with E-state index in [-0.39, 0.29) is 0 Å². The van der Waals surface area contributed by atoms with Crippen LogP contribution in [0.25, 0.3) is 10.8 Å². The van der Waals surface area contributed by atoms with E-state index in [4.69, 9.17) is 5.26 Å². The fourth-order valence-corrected chi connectivity index (χ4v) is 2.55. The molecular weight excluding hydrogens is 252 g/mol. The van der Waals surface area contributed by atoms with Gasteiger partial charge in [0.15, 0.2) is 0 Å². The van der Waals surface area contributed by atoms with E-state index in [1.807, 2.05) is 48.2 Å². The zero-order valence-electron chi connectivity index (χ0n) is 10.7. The highest BCUT2D eigenvalue weighted by molar-refractivity contribution is 7.99. The van der Waals surface area contributed by atoms with Crippen LogP contribution in [0.15, 0.2) is 49.1 Å². The lowest BCUT2D eigenvalue weighted by atomic mass is 10.0.